The Morgan fingerprint density at radius 3 is 2.78 bits per heavy atom. The van der Waals surface area contributed by atoms with Crippen LogP contribution in [0.15, 0.2) is 5.38 Å². The van der Waals surface area contributed by atoms with Gasteiger partial charge >= 0.3 is 0 Å². The van der Waals surface area contributed by atoms with E-state index in [1.54, 1.807) is 11.3 Å². The molecule has 0 aromatic carbocycles. The molecule has 0 bridgehead atoms. The van der Waals surface area contributed by atoms with E-state index in [-0.39, 0.29) is 5.41 Å². The lowest BCUT2D eigenvalue weighted by atomic mass is 9.93. The zero-order chi connectivity index (χ0) is 13.4. The fourth-order valence-corrected chi connectivity index (χ4v) is 3.44. The maximum atomic E-state index is 10.1. The monoisotopic (exact) mass is 268 g/mol. The molecule has 2 heterocycles. The molecule has 1 unspecified atom stereocenters. The van der Waals surface area contributed by atoms with E-state index in [0.717, 1.165) is 37.5 Å². The molecule has 0 radical (unpaired) electrons. The number of hydrogen-bond donors (Lipinski definition) is 1. The SMILES string of the molecule is CC1(O)CCCN(Cc2nc(C(C)(C)C)cs2)C1. The largest absolute Gasteiger partial charge is 0.389 e. The van der Waals surface area contributed by atoms with Crippen LogP contribution < -0.4 is 0 Å². The lowest BCUT2D eigenvalue weighted by Gasteiger charge is -2.36. The van der Waals surface area contributed by atoms with Crippen LogP contribution in [-0.2, 0) is 12.0 Å². The zero-order valence-corrected chi connectivity index (χ0v) is 12.7. The molecular formula is C14H24N2OS. The molecule has 0 spiro atoms. The van der Waals surface area contributed by atoms with E-state index in [1.165, 1.54) is 5.69 Å². The molecule has 2 rings (SSSR count). The Balaban J connectivity index is 1.99. The summed E-state index contributed by atoms with van der Waals surface area (Å²) in [5, 5.41) is 13.4. The maximum absolute atomic E-state index is 10.1. The second-order valence-electron chi connectivity index (χ2n) is 6.69. The number of nitrogens with zero attached hydrogens (tertiary/aromatic N) is 2. The minimum Gasteiger partial charge on any atom is -0.389 e. The van der Waals surface area contributed by atoms with E-state index in [1.807, 2.05) is 6.92 Å². The summed E-state index contributed by atoms with van der Waals surface area (Å²) >= 11 is 1.74. The minimum absolute atomic E-state index is 0.127. The number of aliphatic hydroxyl groups is 1. The van der Waals surface area contributed by atoms with Crippen molar-refractivity contribution in [1.82, 2.24) is 9.88 Å². The minimum atomic E-state index is -0.525. The van der Waals surface area contributed by atoms with Gasteiger partial charge in [0.2, 0.25) is 0 Å². The van der Waals surface area contributed by atoms with Gasteiger partial charge in [-0.1, -0.05) is 20.8 Å². The zero-order valence-electron chi connectivity index (χ0n) is 11.9. The van der Waals surface area contributed by atoms with Crippen LogP contribution >= 0.6 is 11.3 Å². The van der Waals surface area contributed by atoms with Gasteiger partial charge in [-0.05, 0) is 26.3 Å². The van der Waals surface area contributed by atoms with Gasteiger partial charge in [-0.25, -0.2) is 4.98 Å². The third-order valence-electron chi connectivity index (χ3n) is 3.43. The van der Waals surface area contributed by atoms with Crippen molar-refractivity contribution in [3.63, 3.8) is 0 Å². The molecule has 0 aliphatic carbocycles. The Morgan fingerprint density at radius 2 is 2.22 bits per heavy atom. The molecule has 1 N–H and O–H groups in total. The van der Waals surface area contributed by atoms with Crippen molar-refractivity contribution in [2.45, 2.75) is 58.1 Å². The highest BCUT2D eigenvalue weighted by Crippen LogP contribution is 2.26. The Labute approximate surface area is 114 Å². The summed E-state index contributed by atoms with van der Waals surface area (Å²) in [6.45, 7) is 11.2. The number of likely N-dealkylation sites (tertiary alicyclic amines) is 1. The molecule has 0 saturated carbocycles. The maximum Gasteiger partial charge on any atom is 0.107 e. The third kappa shape index (κ3) is 3.53. The third-order valence-corrected chi connectivity index (χ3v) is 4.27. The van der Waals surface area contributed by atoms with Gasteiger partial charge in [0.1, 0.15) is 5.01 Å². The van der Waals surface area contributed by atoms with Crippen LogP contribution in [0, 0.1) is 0 Å². The number of piperidine rings is 1. The summed E-state index contributed by atoms with van der Waals surface area (Å²) in [5.41, 5.74) is 0.774. The van der Waals surface area contributed by atoms with E-state index < -0.39 is 5.60 Å². The first-order valence-electron chi connectivity index (χ1n) is 6.66. The van der Waals surface area contributed by atoms with Gasteiger partial charge in [0.05, 0.1) is 17.8 Å². The number of hydrogen-bond acceptors (Lipinski definition) is 4. The van der Waals surface area contributed by atoms with Gasteiger partial charge in [-0.2, -0.15) is 0 Å². The Bertz CT molecular complexity index is 406. The molecule has 1 aliphatic rings. The summed E-state index contributed by atoms with van der Waals surface area (Å²) in [6, 6.07) is 0. The number of rotatable bonds is 2. The molecule has 18 heavy (non-hydrogen) atoms. The van der Waals surface area contributed by atoms with Crippen molar-refractivity contribution in [3.05, 3.63) is 16.1 Å². The smallest absolute Gasteiger partial charge is 0.107 e. The van der Waals surface area contributed by atoms with E-state index >= 15 is 0 Å². The molecule has 1 aromatic rings. The van der Waals surface area contributed by atoms with Gasteiger partial charge in [-0.3, -0.25) is 4.90 Å². The highest BCUT2D eigenvalue weighted by atomic mass is 32.1. The predicted molar refractivity (Wildman–Crippen MR) is 75.9 cm³/mol. The van der Waals surface area contributed by atoms with Crippen LogP contribution in [0.5, 0.6) is 0 Å². The van der Waals surface area contributed by atoms with E-state index in [9.17, 15) is 5.11 Å². The second kappa shape index (κ2) is 4.91. The predicted octanol–water partition coefficient (Wildman–Crippen LogP) is 2.79. The van der Waals surface area contributed by atoms with Crippen LogP contribution in [0.2, 0.25) is 0 Å². The van der Waals surface area contributed by atoms with Crippen LogP contribution in [-0.4, -0.2) is 33.7 Å². The molecule has 1 aromatic heterocycles. The normalized spacial score (nSPS) is 26.5. The molecule has 1 saturated heterocycles. The topological polar surface area (TPSA) is 36.4 Å². The van der Waals surface area contributed by atoms with Crippen molar-refractivity contribution in [2.75, 3.05) is 13.1 Å². The van der Waals surface area contributed by atoms with Gasteiger partial charge in [0.25, 0.3) is 0 Å². The van der Waals surface area contributed by atoms with E-state index in [4.69, 9.17) is 4.98 Å². The summed E-state index contributed by atoms with van der Waals surface area (Å²) in [6.07, 6.45) is 1.99. The first-order valence-corrected chi connectivity index (χ1v) is 7.54. The highest BCUT2D eigenvalue weighted by molar-refractivity contribution is 7.09. The van der Waals surface area contributed by atoms with Crippen LogP contribution in [0.3, 0.4) is 0 Å². The number of aromatic nitrogens is 1. The van der Waals surface area contributed by atoms with Crippen LogP contribution in [0.4, 0.5) is 0 Å². The molecular weight excluding hydrogens is 244 g/mol. The average Bonchev–Trinajstić information content (AvgIpc) is 2.63. The molecule has 0 amide bonds. The average molecular weight is 268 g/mol. The van der Waals surface area contributed by atoms with Crippen molar-refractivity contribution in [1.29, 1.82) is 0 Å². The van der Waals surface area contributed by atoms with Crippen LogP contribution in [0.1, 0.15) is 51.2 Å². The van der Waals surface area contributed by atoms with Gasteiger partial charge in [-0.15, -0.1) is 11.3 Å². The van der Waals surface area contributed by atoms with Gasteiger partial charge in [0.15, 0.2) is 0 Å². The van der Waals surface area contributed by atoms with Crippen LogP contribution in [0.25, 0.3) is 0 Å². The summed E-state index contributed by atoms with van der Waals surface area (Å²) in [7, 11) is 0. The lowest BCUT2D eigenvalue weighted by Crippen LogP contribution is -2.45. The Kier molecular flexibility index (Phi) is 3.81. The van der Waals surface area contributed by atoms with Crippen molar-refractivity contribution >= 4 is 11.3 Å². The molecule has 1 atom stereocenters. The van der Waals surface area contributed by atoms with Gasteiger partial charge < -0.3 is 5.11 Å². The van der Waals surface area contributed by atoms with E-state index in [0.29, 0.717) is 0 Å². The highest BCUT2D eigenvalue weighted by Gasteiger charge is 2.28. The summed E-state index contributed by atoms with van der Waals surface area (Å²) in [5.74, 6) is 0. The van der Waals surface area contributed by atoms with Crippen molar-refractivity contribution < 1.29 is 5.11 Å². The quantitative estimate of drug-likeness (QED) is 0.896. The molecule has 1 fully saturated rings. The first kappa shape index (κ1) is 14.0. The molecule has 102 valence electrons. The second-order valence-corrected chi connectivity index (χ2v) is 7.63. The summed E-state index contributed by atoms with van der Waals surface area (Å²) < 4.78 is 0. The summed E-state index contributed by atoms with van der Waals surface area (Å²) in [4.78, 5) is 7.03. The molecule has 1 aliphatic heterocycles. The Morgan fingerprint density at radius 1 is 1.50 bits per heavy atom. The molecule has 4 heteroatoms. The molecule has 3 nitrogen and oxygen atoms in total. The number of thiazole rings is 1. The first-order chi connectivity index (χ1) is 8.26. The lowest BCUT2D eigenvalue weighted by molar-refractivity contribution is -0.0181. The fraction of sp³-hybridized carbons (Fsp3) is 0.786. The number of β-amino-alcohol motifs (C(OH)–C–C–N with tert-alkyl or cyclic N) is 1. The van der Waals surface area contributed by atoms with E-state index in [2.05, 4.69) is 31.1 Å². The van der Waals surface area contributed by atoms with Crippen molar-refractivity contribution in [3.8, 4) is 0 Å². The van der Waals surface area contributed by atoms with Crippen molar-refractivity contribution in [2.24, 2.45) is 0 Å². The Hall–Kier alpha value is -0.450. The fourth-order valence-electron chi connectivity index (χ4n) is 2.38. The van der Waals surface area contributed by atoms with Gasteiger partial charge in [0, 0.05) is 17.3 Å². The standard InChI is InChI=1S/C14H24N2OS/c1-13(2,3)11-9-18-12(15-11)8-16-7-5-6-14(4,17)10-16/h9,17H,5-8,10H2,1-4H3.